The molecular formula is C52H46N12O4. The zero-order chi connectivity index (χ0) is 45.6. The highest BCUT2D eigenvalue weighted by atomic mass is 16.5. The predicted octanol–water partition coefficient (Wildman–Crippen LogP) is 8.53. The van der Waals surface area contributed by atoms with Crippen molar-refractivity contribution in [2.24, 2.45) is 0 Å². The average Bonchev–Trinajstić information content (AvgIpc) is 4.25. The number of aromatic amines is 2. The Bertz CT molecular complexity index is 2870. The Morgan fingerprint density at radius 2 is 0.985 bits per heavy atom. The lowest BCUT2D eigenvalue weighted by Crippen LogP contribution is -2.38. The largest absolute Gasteiger partial charge is 0.488 e. The number of carbonyl (C=O) groups is 2. The first-order chi connectivity index (χ1) is 33.5. The van der Waals surface area contributed by atoms with Crippen molar-refractivity contribution in [3.8, 4) is 45.1 Å². The van der Waals surface area contributed by atoms with Crippen LogP contribution in [0.5, 0.6) is 11.5 Å². The summed E-state index contributed by atoms with van der Waals surface area (Å²) in [6.45, 7) is 1.94. The zero-order valence-corrected chi connectivity index (χ0v) is 36.9. The average molecular weight is 903 g/mol. The fourth-order valence-corrected chi connectivity index (χ4v) is 10.1. The summed E-state index contributed by atoms with van der Waals surface area (Å²) in [7, 11) is 0. The van der Waals surface area contributed by atoms with E-state index in [1.165, 1.54) is 0 Å². The van der Waals surface area contributed by atoms with Gasteiger partial charge in [-0.25, -0.2) is 29.9 Å². The highest BCUT2D eigenvalue weighted by molar-refractivity contribution is 5.89. The number of aromatic nitrogens is 8. The van der Waals surface area contributed by atoms with E-state index >= 15 is 0 Å². The van der Waals surface area contributed by atoms with Crippen LogP contribution in [0.2, 0.25) is 0 Å². The smallest absolute Gasteiger partial charge is 0.250 e. The maximum Gasteiger partial charge on any atom is 0.250 e. The molecule has 16 heteroatoms. The summed E-state index contributed by atoms with van der Waals surface area (Å²) in [6.07, 6.45) is 13.6. The zero-order valence-electron chi connectivity index (χ0n) is 36.9. The van der Waals surface area contributed by atoms with Crippen molar-refractivity contribution in [1.29, 1.82) is 0 Å². The summed E-state index contributed by atoms with van der Waals surface area (Å²) in [5.74, 6) is 3.69. The van der Waals surface area contributed by atoms with Gasteiger partial charge in [0.15, 0.2) is 0 Å². The second-order valence-corrected chi connectivity index (χ2v) is 17.5. The quantitative estimate of drug-likeness (QED) is 0.0915. The minimum absolute atomic E-state index is 0.0631. The van der Waals surface area contributed by atoms with Gasteiger partial charge in [-0.05, 0) is 73.2 Å². The molecule has 4 aromatic heterocycles. The van der Waals surface area contributed by atoms with E-state index in [1.807, 2.05) is 82.9 Å². The first-order valence-electron chi connectivity index (χ1n) is 23.0. The number of hydrogen-bond acceptors (Lipinski definition) is 12. The van der Waals surface area contributed by atoms with E-state index in [0.29, 0.717) is 38.2 Å². The highest BCUT2D eigenvalue weighted by Gasteiger charge is 2.39. The lowest BCUT2D eigenvalue weighted by molar-refractivity contribution is -0.134. The van der Waals surface area contributed by atoms with E-state index in [4.69, 9.17) is 19.4 Å². The van der Waals surface area contributed by atoms with Gasteiger partial charge in [-0.3, -0.25) is 9.59 Å². The van der Waals surface area contributed by atoms with Crippen molar-refractivity contribution in [2.75, 3.05) is 23.7 Å². The van der Waals surface area contributed by atoms with Crippen LogP contribution < -0.4 is 20.1 Å². The molecule has 0 unspecified atom stereocenters. The number of nitrogens with one attached hydrogen (secondary N) is 4. The van der Waals surface area contributed by atoms with Crippen LogP contribution >= 0.6 is 0 Å². The van der Waals surface area contributed by atoms with E-state index in [-0.39, 0.29) is 23.9 Å². The van der Waals surface area contributed by atoms with Gasteiger partial charge in [-0.1, -0.05) is 60.7 Å². The highest BCUT2D eigenvalue weighted by Crippen LogP contribution is 2.51. The Morgan fingerprint density at radius 1 is 0.559 bits per heavy atom. The van der Waals surface area contributed by atoms with E-state index < -0.39 is 12.1 Å². The van der Waals surface area contributed by atoms with Crippen molar-refractivity contribution in [1.82, 2.24) is 49.7 Å². The topological polar surface area (TPSA) is 192 Å². The molecule has 2 saturated heterocycles. The fraction of sp³-hybridized carbons (Fsp3) is 0.231. The molecule has 16 nitrogen and oxygen atoms in total. The SMILES string of the molecule is O=C([C@H](Nc1ncccn1)c1ccccc1)N1CCC[C@H]1c1ncc(-c2cc3c4c(c2)OCc2cc(-c5cnc([C@@H]6CCCN6C(=O)[C@H](Nc6ncccn6)c6ccccc6)[nH]5)cc(c2-4)OC3)[nH]1. The molecule has 4 aliphatic heterocycles. The van der Waals surface area contributed by atoms with E-state index in [2.05, 4.69) is 64.8 Å². The Kier molecular flexibility index (Phi) is 10.5. The second kappa shape index (κ2) is 17.4. The molecule has 12 rings (SSSR count). The number of likely N-dealkylation sites (tertiary alicyclic amines) is 2. The number of H-pyrrole nitrogens is 2. The van der Waals surface area contributed by atoms with Gasteiger partial charge in [-0.15, -0.1) is 0 Å². The number of imidazole rings is 2. The maximum absolute atomic E-state index is 14.4. The van der Waals surface area contributed by atoms with Crippen molar-refractivity contribution in [3.05, 3.63) is 168 Å². The van der Waals surface area contributed by atoms with Crippen molar-refractivity contribution in [2.45, 2.75) is 63.1 Å². The molecule has 0 spiro atoms. The Labute approximate surface area is 391 Å². The summed E-state index contributed by atoms with van der Waals surface area (Å²) in [4.78, 5) is 66.8. The van der Waals surface area contributed by atoms with Crippen molar-refractivity contribution >= 4 is 23.7 Å². The number of ether oxygens (including phenoxy) is 2. The molecular weight excluding hydrogens is 857 g/mol. The number of carbonyl (C=O) groups excluding carboxylic acids is 2. The third-order valence-electron chi connectivity index (χ3n) is 13.3. The molecule has 4 aliphatic rings. The van der Waals surface area contributed by atoms with Crippen LogP contribution in [0.3, 0.4) is 0 Å². The lowest BCUT2D eigenvalue weighted by atomic mass is 9.87. The van der Waals surface area contributed by atoms with Crippen molar-refractivity contribution in [3.63, 3.8) is 0 Å². The molecule has 0 bridgehead atoms. The minimum atomic E-state index is -0.668. The molecule has 2 fully saturated rings. The molecule has 8 aromatic rings. The summed E-state index contributed by atoms with van der Waals surface area (Å²) in [5.41, 5.74) is 9.28. The predicted molar refractivity (Wildman–Crippen MR) is 253 cm³/mol. The molecule has 4 N–H and O–H groups in total. The summed E-state index contributed by atoms with van der Waals surface area (Å²) < 4.78 is 13.1. The van der Waals surface area contributed by atoms with Crippen LogP contribution in [0, 0.1) is 0 Å². The molecule has 338 valence electrons. The maximum atomic E-state index is 14.4. The molecule has 0 saturated carbocycles. The van der Waals surface area contributed by atoms with Crippen LogP contribution in [0.1, 0.15) is 83.8 Å². The first kappa shape index (κ1) is 41.1. The number of rotatable bonds is 12. The van der Waals surface area contributed by atoms with Gasteiger partial charge in [-0.2, -0.15) is 0 Å². The van der Waals surface area contributed by atoms with Gasteiger partial charge in [0, 0.05) is 71.3 Å². The number of hydrogen-bond donors (Lipinski definition) is 4. The third-order valence-corrected chi connectivity index (χ3v) is 13.3. The Hall–Kier alpha value is -8.40. The summed E-state index contributed by atoms with van der Waals surface area (Å²) in [6, 6.07) is 29.5. The molecule has 8 heterocycles. The molecule has 0 radical (unpaired) electrons. The Morgan fingerprint density at radius 3 is 1.41 bits per heavy atom. The number of anilines is 2. The molecule has 4 atom stereocenters. The van der Waals surface area contributed by atoms with Crippen LogP contribution in [0.25, 0.3) is 33.6 Å². The molecule has 68 heavy (non-hydrogen) atoms. The van der Waals surface area contributed by atoms with Crippen molar-refractivity contribution < 1.29 is 19.1 Å². The molecule has 2 amide bonds. The molecule has 0 aliphatic carbocycles. The number of nitrogens with zero attached hydrogens (tertiary/aromatic N) is 8. The summed E-state index contributed by atoms with van der Waals surface area (Å²) in [5, 5.41) is 6.56. The normalized spacial score (nSPS) is 17.7. The lowest BCUT2D eigenvalue weighted by Gasteiger charge is -2.30. The van der Waals surface area contributed by atoms with Gasteiger partial charge in [0.1, 0.15) is 48.4 Å². The van der Waals surface area contributed by atoms with Crippen LogP contribution in [0.15, 0.2) is 134 Å². The van der Waals surface area contributed by atoms with E-state index in [0.717, 1.165) is 105 Å². The van der Waals surface area contributed by atoms with Gasteiger partial charge in [0.25, 0.3) is 0 Å². The number of amides is 2. The van der Waals surface area contributed by atoms with Gasteiger partial charge < -0.3 is 39.9 Å². The van der Waals surface area contributed by atoms with E-state index in [1.54, 1.807) is 36.9 Å². The third kappa shape index (κ3) is 7.62. The summed E-state index contributed by atoms with van der Waals surface area (Å²) >= 11 is 0. The number of benzene rings is 4. The minimum Gasteiger partial charge on any atom is -0.488 e. The van der Waals surface area contributed by atoms with Gasteiger partial charge in [0.2, 0.25) is 23.7 Å². The molecule has 4 aromatic carbocycles. The standard InChI is InChI=1S/C52H46N12O4/c65-49(45(31-11-3-1-4-12-31)61-51-53-17-9-18-54-51)63-21-7-15-39(63)47-57-27-37(59-47)33-23-35-29-68-42-26-34(24-36-30-67-41(25-33)43(35)44(36)42)38-28-58-48(60-38)40-16-8-22-64(40)50(66)46(32-13-5-2-6-14-32)62-52-55-19-10-20-56-52/h1-6,9-14,17-20,23-28,39-40,45-46H,7-8,15-16,21-22,29-30H2,(H,57,59)(H,58,60)(H,53,54,61)(H,55,56,62)/t39-,40-,45+,46+/m0/s1. The first-order valence-corrected chi connectivity index (χ1v) is 23.0. The second-order valence-electron chi connectivity index (χ2n) is 17.5. The van der Waals surface area contributed by atoms with E-state index in [9.17, 15) is 9.59 Å². The van der Waals surface area contributed by atoms with Gasteiger partial charge in [0.05, 0.1) is 35.9 Å². The monoisotopic (exact) mass is 902 g/mol. The fourth-order valence-electron chi connectivity index (χ4n) is 10.1. The Balaban J connectivity index is 0.778. The van der Waals surface area contributed by atoms with Crippen LogP contribution in [-0.2, 0) is 22.8 Å². The van der Waals surface area contributed by atoms with Crippen LogP contribution in [-0.4, -0.2) is 74.6 Å². The van der Waals surface area contributed by atoms with Crippen LogP contribution in [0.4, 0.5) is 11.9 Å². The van der Waals surface area contributed by atoms with Gasteiger partial charge >= 0.3 is 0 Å².